The number of carbonyl (C=O) groups excluding carboxylic acids is 2. The van der Waals surface area contributed by atoms with Crippen LogP contribution in [0, 0.1) is 6.92 Å². The molecule has 0 unspecified atom stereocenters. The van der Waals surface area contributed by atoms with Crippen molar-refractivity contribution in [3.63, 3.8) is 0 Å². The van der Waals surface area contributed by atoms with Crippen LogP contribution in [-0.2, 0) is 11.3 Å². The lowest BCUT2D eigenvalue weighted by molar-refractivity contribution is -1.02. The van der Waals surface area contributed by atoms with E-state index in [1.807, 2.05) is 13.0 Å². The van der Waals surface area contributed by atoms with Gasteiger partial charge in [0.2, 0.25) is 0 Å². The Bertz CT molecular complexity index is 907. The van der Waals surface area contributed by atoms with Gasteiger partial charge in [0.15, 0.2) is 18.0 Å². The third kappa shape index (κ3) is 5.28. The SMILES string of the molecule is Cc1cc(C[NH+]2CC[NH+](CC(=O)NC(=O)Nc3ccc4c(c3)OCCO4)CC2)no1. The van der Waals surface area contributed by atoms with E-state index in [0.717, 1.165) is 44.2 Å². The van der Waals surface area contributed by atoms with E-state index in [4.69, 9.17) is 14.0 Å². The molecule has 3 amide bonds. The number of imide groups is 1. The molecular weight excluding hydrogens is 390 g/mol. The van der Waals surface area contributed by atoms with Crippen molar-refractivity contribution in [1.29, 1.82) is 0 Å². The lowest BCUT2D eigenvalue weighted by atomic mass is 10.2. The first-order chi connectivity index (χ1) is 14.5. The number of fused-ring (bicyclic) bond motifs is 1. The molecule has 10 nitrogen and oxygen atoms in total. The first-order valence-electron chi connectivity index (χ1n) is 10.1. The van der Waals surface area contributed by atoms with Crippen molar-refractivity contribution in [3.05, 3.63) is 35.7 Å². The fourth-order valence-electron chi connectivity index (χ4n) is 3.75. The largest absolute Gasteiger partial charge is 0.486 e. The molecule has 1 aromatic carbocycles. The molecule has 0 spiro atoms. The summed E-state index contributed by atoms with van der Waals surface area (Å²) in [5.74, 6) is 1.75. The van der Waals surface area contributed by atoms with Gasteiger partial charge in [0, 0.05) is 17.8 Å². The Balaban J connectivity index is 1.19. The Hall–Kier alpha value is -3.11. The summed E-state index contributed by atoms with van der Waals surface area (Å²) in [6.07, 6.45) is 0. The third-order valence-corrected chi connectivity index (χ3v) is 5.24. The van der Waals surface area contributed by atoms with E-state index in [1.165, 1.54) is 9.80 Å². The Morgan fingerprint density at radius 2 is 1.77 bits per heavy atom. The summed E-state index contributed by atoms with van der Waals surface area (Å²) in [5, 5.41) is 9.10. The molecule has 4 N–H and O–H groups in total. The minimum atomic E-state index is -0.554. The van der Waals surface area contributed by atoms with Crippen LogP contribution < -0.4 is 29.9 Å². The monoisotopic (exact) mass is 417 g/mol. The molecule has 0 saturated carbocycles. The van der Waals surface area contributed by atoms with Crippen molar-refractivity contribution in [3.8, 4) is 11.5 Å². The predicted molar refractivity (Wildman–Crippen MR) is 106 cm³/mol. The van der Waals surface area contributed by atoms with Crippen LogP contribution in [0.5, 0.6) is 11.5 Å². The van der Waals surface area contributed by atoms with Crippen LogP contribution in [0.2, 0.25) is 0 Å². The molecule has 0 radical (unpaired) electrons. The summed E-state index contributed by atoms with van der Waals surface area (Å²) < 4.78 is 16.1. The van der Waals surface area contributed by atoms with E-state index in [9.17, 15) is 9.59 Å². The summed E-state index contributed by atoms with van der Waals surface area (Å²) >= 11 is 0. The second-order valence-corrected chi connectivity index (χ2v) is 7.64. The average Bonchev–Trinajstić information content (AvgIpc) is 3.14. The smallest absolute Gasteiger partial charge is 0.326 e. The van der Waals surface area contributed by atoms with Gasteiger partial charge < -0.3 is 29.1 Å². The molecule has 10 heteroatoms. The zero-order valence-corrected chi connectivity index (χ0v) is 17.0. The van der Waals surface area contributed by atoms with E-state index in [1.54, 1.807) is 18.2 Å². The number of anilines is 1. The highest BCUT2D eigenvalue weighted by Crippen LogP contribution is 2.32. The van der Waals surface area contributed by atoms with Crippen molar-refractivity contribution in [2.24, 2.45) is 0 Å². The van der Waals surface area contributed by atoms with Crippen LogP contribution >= 0.6 is 0 Å². The second-order valence-electron chi connectivity index (χ2n) is 7.64. The highest BCUT2D eigenvalue weighted by atomic mass is 16.6. The molecule has 1 aromatic heterocycles. The predicted octanol–water partition coefficient (Wildman–Crippen LogP) is -1.61. The first-order valence-corrected chi connectivity index (χ1v) is 10.1. The molecule has 30 heavy (non-hydrogen) atoms. The number of benzene rings is 1. The highest BCUT2D eigenvalue weighted by Gasteiger charge is 2.26. The van der Waals surface area contributed by atoms with Gasteiger partial charge in [-0.05, 0) is 19.1 Å². The number of carbonyl (C=O) groups is 2. The first kappa shape index (κ1) is 20.2. The zero-order valence-electron chi connectivity index (χ0n) is 17.0. The van der Waals surface area contributed by atoms with Crippen LogP contribution in [0.25, 0.3) is 0 Å². The Kier molecular flexibility index (Phi) is 6.15. The number of amides is 3. The average molecular weight is 417 g/mol. The number of ether oxygens (including phenoxy) is 2. The summed E-state index contributed by atoms with van der Waals surface area (Å²) in [4.78, 5) is 27.0. The number of urea groups is 1. The van der Waals surface area contributed by atoms with Gasteiger partial charge in [0.25, 0.3) is 5.91 Å². The van der Waals surface area contributed by atoms with Gasteiger partial charge >= 0.3 is 6.03 Å². The maximum absolute atomic E-state index is 12.3. The molecule has 4 rings (SSSR count). The third-order valence-electron chi connectivity index (χ3n) is 5.24. The Labute approximate surface area is 174 Å². The minimum absolute atomic E-state index is 0.269. The molecule has 0 bridgehead atoms. The lowest BCUT2D eigenvalue weighted by Gasteiger charge is -2.28. The Morgan fingerprint density at radius 1 is 1.03 bits per heavy atom. The number of nitrogens with one attached hydrogen (secondary N) is 4. The van der Waals surface area contributed by atoms with Gasteiger partial charge in [0.05, 0.1) is 0 Å². The van der Waals surface area contributed by atoms with Gasteiger partial charge in [-0.3, -0.25) is 10.1 Å². The van der Waals surface area contributed by atoms with Gasteiger partial charge in [-0.1, -0.05) is 5.16 Å². The fourth-order valence-corrected chi connectivity index (χ4v) is 3.75. The molecule has 2 aliphatic heterocycles. The van der Waals surface area contributed by atoms with Crippen LogP contribution in [0.1, 0.15) is 11.5 Å². The number of aryl methyl sites for hydroxylation is 1. The lowest BCUT2D eigenvalue weighted by Crippen LogP contribution is -3.28. The number of piperazine rings is 1. The van der Waals surface area contributed by atoms with E-state index in [2.05, 4.69) is 15.8 Å². The van der Waals surface area contributed by atoms with E-state index >= 15 is 0 Å². The summed E-state index contributed by atoms with van der Waals surface area (Å²) in [6.45, 7) is 7.57. The van der Waals surface area contributed by atoms with Crippen molar-refractivity contribution < 1.29 is 33.4 Å². The molecule has 160 valence electrons. The molecular formula is C20H27N5O5+2. The van der Waals surface area contributed by atoms with Crippen molar-refractivity contribution in [1.82, 2.24) is 10.5 Å². The maximum atomic E-state index is 12.3. The molecule has 2 aliphatic rings. The minimum Gasteiger partial charge on any atom is -0.486 e. The van der Waals surface area contributed by atoms with Gasteiger partial charge in [-0.15, -0.1) is 0 Å². The van der Waals surface area contributed by atoms with E-state index in [0.29, 0.717) is 30.4 Å². The number of nitrogens with zero attached hydrogens (tertiary/aromatic N) is 1. The van der Waals surface area contributed by atoms with Crippen LogP contribution in [0.15, 0.2) is 28.8 Å². The van der Waals surface area contributed by atoms with E-state index < -0.39 is 6.03 Å². The highest BCUT2D eigenvalue weighted by molar-refractivity contribution is 6.01. The van der Waals surface area contributed by atoms with E-state index in [-0.39, 0.29) is 12.5 Å². The molecule has 0 aliphatic carbocycles. The summed E-state index contributed by atoms with van der Waals surface area (Å²) in [7, 11) is 0. The summed E-state index contributed by atoms with van der Waals surface area (Å²) in [6, 6.07) is 6.53. The van der Waals surface area contributed by atoms with Crippen LogP contribution in [0.4, 0.5) is 10.5 Å². The van der Waals surface area contributed by atoms with Gasteiger partial charge in [0.1, 0.15) is 57.4 Å². The molecule has 3 heterocycles. The van der Waals surface area contributed by atoms with Gasteiger partial charge in [-0.2, -0.15) is 0 Å². The zero-order chi connectivity index (χ0) is 20.9. The number of hydrogen-bond donors (Lipinski definition) is 4. The standard InChI is InChI=1S/C20H25N5O5/c1-14-10-16(23-30-14)12-24-4-6-25(7-5-24)13-19(26)22-20(27)21-15-2-3-17-18(11-15)29-9-8-28-17/h2-3,10-11H,4-9,12-13H2,1H3,(H2,21,22,26,27)/p+2. The second kappa shape index (κ2) is 9.14. The summed E-state index contributed by atoms with van der Waals surface area (Å²) in [5.41, 5.74) is 1.50. The number of rotatable bonds is 5. The topological polar surface area (TPSA) is 112 Å². The van der Waals surface area contributed by atoms with Crippen LogP contribution in [0.3, 0.4) is 0 Å². The molecule has 2 aromatic rings. The number of hydrogen-bond acceptors (Lipinski definition) is 6. The van der Waals surface area contributed by atoms with Crippen molar-refractivity contribution in [2.75, 3.05) is 51.3 Å². The Morgan fingerprint density at radius 3 is 2.50 bits per heavy atom. The molecule has 1 fully saturated rings. The number of quaternary nitrogens is 2. The fraction of sp³-hybridized carbons (Fsp3) is 0.450. The number of aromatic nitrogens is 1. The molecule has 1 saturated heterocycles. The van der Waals surface area contributed by atoms with Crippen molar-refractivity contribution in [2.45, 2.75) is 13.5 Å². The van der Waals surface area contributed by atoms with Crippen molar-refractivity contribution >= 4 is 17.6 Å². The molecule has 0 atom stereocenters. The van der Waals surface area contributed by atoms with Crippen LogP contribution in [-0.4, -0.2) is 63.0 Å². The normalized spacial score (nSPS) is 20.4. The quantitative estimate of drug-likeness (QED) is 0.466. The maximum Gasteiger partial charge on any atom is 0.326 e. The van der Waals surface area contributed by atoms with Gasteiger partial charge in [-0.25, -0.2) is 4.79 Å².